The summed E-state index contributed by atoms with van der Waals surface area (Å²) < 4.78 is 10.6. The largest absolute Gasteiger partial charge is 0.366 e. The van der Waals surface area contributed by atoms with E-state index in [9.17, 15) is 0 Å². The SMILES string of the molecule is C[B]N1CCOC(c2nc(C)no2)C1. The van der Waals surface area contributed by atoms with E-state index in [-0.39, 0.29) is 6.10 Å². The number of hydrogen-bond donors (Lipinski definition) is 0. The lowest BCUT2D eigenvalue weighted by atomic mass is 9.94. The number of aromatic nitrogens is 2. The third-order valence-corrected chi connectivity index (χ3v) is 2.28. The average Bonchev–Trinajstić information content (AvgIpc) is 2.65. The van der Waals surface area contributed by atoms with Crippen LogP contribution < -0.4 is 0 Å². The zero-order chi connectivity index (χ0) is 9.97. The molecule has 5 nitrogen and oxygen atoms in total. The van der Waals surface area contributed by atoms with E-state index in [2.05, 4.69) is 22.4 Å². The molecule has 75 valence electrons. The second kappa shape index (κ2) is 4.10. The van der Waals surface area contributed by atoms with Crippen LogP contribution in [0.2, 0.25) is 6.82 Å². The van der Waals surface area contributed by atoms with Crippen LogP contribution in [0.25, 0.3) is 0 Å². The molecule has 0 aromatic carbocycles. The van der Waals surface area contributed by atoms with Crippen LogP contribution in [-0.4, -0.2) is 42.1 Å². The molecule has 1 unspecified atom stereocenters. The summed E-state index contributed by atoms with van der Waals surface area (Å²) in [6.45, 7) is 6.25. The quantitative estimate of drug-likeness (QED) is 0.638. The van der Waals surface area contributed by atoms with Gasteiger partial charge in [-0.1, -0.05) is 12.0 Å². The Hall–Kier alpha value is -0.875. The molecule has 0 spiro atoms. The van der Waals surface area contributed by atoms with Crippen molar-refractivity contribution in [2.45, 2.75) is 19.9 Å². The van der Waals surface area contributed by atoms with Crippen molar-refractivity contribution in [3.63, 3.8) is 0 Å². The molecule has 0 N–H and O–H groups in total. The van der Waals surface area contributed by atoms with Crippen molar-refractivity contribution in [3.8, 4) is 0 Å². The van der Waals surface area contributed by atoms with Crippen molar-refractivity contribution in [1.82, 2.24) is 15.0 Å². The lowest BCUT2D eigenvalue weighted by Crippen LogP contribution is -2.39. The molecular formula is C8H13BN3O2. The summed E-state index contributed by atoms with van der Waals surface area (Å²) in [6.07, 6.45) is -0.0823. The fourth-order valence-electron chi connectivity index (χ4n) is 1.50. The molecule has 1 aromatic rings. The van der Waals surface area contributed by atoms with Crippen molar-refractivity contribution >= 4 is 7.41 Å². The average molecular weight is 194 g/mol. The number of hydrogen-bond acceptors (Lipinski definition) is 5. The zero-order valence-electron chi connectivity index (χ0n) is 8.43. The van der Waals surface area contributed by atoms with Crippen molar-refractivity contribution in [2.75, 3.05) is 19.7 Å². The summed E-state index contributed by atoms with van der Waals surface area (Å²) in [4.78, 5) is 6.35. The molecule has 1 fully saturated rings. The molecule has 14 heavy (non-hydrogen) atoms. The summed E-state index contributed by atoms with van der Waals surface area (Å²) in [7, 11) is 2.05. The van der Waals surface area contributed by atoms with Gasteiger partial charge in [-0.2, -0.15) is 4.98 Å². The standard InChI is InChI=1S/C8H13BN3O2/c1-6-10-8(14-11-6)7-5-12(9-2)3-4-13-7/h7H,3-5H2,1-2H3. The number of nitrogens with zero attached hydrogens (tertiary/aromatic N) is 3. The van der Waals surface area contributed by atoms with Crippen LogP contribution >= 0.6 is 0 Å². The van der Waals surface area contributed by atoms with Gasteiger partial charge in [0.1, 0.15) is 6.10 Å². The fraction of sp³-hybridized carbons (Fsp3) is 0.750. The molecule has 2 rings (SSSR count). The molecule has 6 heteroatoms. The summed E-state index contributed by atoms with van der Waals surface area (Å²) >= 11 is 0. The van der Waals surface area contributed by atoms with E-state index < -0.39 is 0 Å². The molecule has 1 saturated heterocycles. The number of ether oxygens (including phenoxy) is 1. The Labute approximate surface area is 83.7 Å². The first-order valence-corrected chi connectivity index (χ1v) is 4.75. The Bertz CT molecular complexity index is 305. The second-order valence-corrected chi connectivity index (χ2v) is 3.29. The van der Waals surface area contributed by atoms with Crippen molar-refractivity contribution in [1.29, 1.82) is 0 Å². The first-order chi connectivity index (χ1) is 6.79. The molecule has 1 aliphatic rings. The lowest BCUT2D eigenvalue weighted by molar-refractivity contribution is -0.0206. The van der Waals surface area contributed by atoms with Crippen molar-refractivity contribution in [2.24, 2.45) is 0 Å². The summed E-state index contributed by atoms with van der Waals surface area (Å²) in [6, 6.07) is 0. The maximum atomic E-state index is 5.55. The van der Waals surface area contributed by atoms with Gasteiger partial charge in [-0.15, -0.1) is 0 Å². The Morgan fingerprint density at radius 1 is 1.57 bits per heavy atom. The molecule has 0 saturated carbocycles. The molecule has 1 aromatic heterocycles. The fourth-order valence-corrected chi connectivity index (χ4v) is 1.50. The van der Waals surface area contributed by atoms with Gasteiger partial charge in [-0.05, 0) is 6.92 Å². The highest BCUT2D eigenvalue weighted by Crippen LogP contribution is 2.19. The van der Waals surface area contributed by atoms with Gasteiger partial charge in [0.2, 0.25) is 7.41 Å². The number of rotatable bonds is 2. The third-order valence-electron chi connectivity index (χ3n) is 2.28. The molecule has 1 radical (unpaired) electrons. The molecule has 2 heterocycles. The van der Waals surface area contributed by atoms with Crippen molar-refractivity contribution in [3.05, 3.63) is 11.7 Å². The van der Waals surface area contributed by atoms with Gasteiger partial charge in [0.25, 0.3) is 5.89 Å². The maximum Gasteiger partial charge on any atom is 0.257 e. The smallest absolute Gasteiger partial charge is 0.257 e. The maximum absolute atomic E-state index is 5.55. The van der Waals surface area contributed by atoms with E-state index >= 15 is 0 Å². The van der Waals surface area contributed by atoms with Crippen molar-refractivity contribution < 1.29 is 9.26 Å². The molecule has 1 aliphatic heterocycles. The first-order valence-electron chi connectivity index (χ1n) is 4.75. The minimum Gasteiger partial charge on any atom is -0.366 e. The highest BCUT2D eigenvalue weighted by Gasteiger charge is 2.25. The van der Waals surface area contributed by atoms with E-state index in [1.807, 2.05) is 6.82 Å². The van der Waals surface area contributed by atoms with Crippen LogP contribution in [-0.2, 0) is 4.74 Å². The first kappa shape index (κ1) is 9.67. The minimum atomic E-state index is -0.0823. The Balaban J connectivity index is 2.04. The van der Waals surface area contributed by atoms with Gasteiger partial charge in [-0.3, -0.25) is 0 Å². The Kier molecular flexibility index (Phi) is 2.83. The summed E-state index contributed by atoms with van der Waals surface area (Å²) in [5.74, 6) is 1.23. The van der Waals surface area contributed by atoms with Gasteiger partial charge < -0.3 is 14.1 Å². The third kappa shape index (κ3) is 1.96. The van der Waals surface area contributed by atoms with Gasteiger partial charge in [0, 0.05) is 13.1 Å². The predicted molar refractivity (Wildman–Crippen MR) is 50.9 cm³/mol. The monoisotopic (exact) mass is 194 g/mol. The van der Waals surface area contributed by atoms with Crippen LogP contribution in [0, 0.1) is 6.92 Å². The van der Waals surface area contributed by atoms with E-state index in [1.54, 1.807) is 6.92 Å². The normalized spacial score (nSPS) is 23.7. The van der Waals surface area contributed by atoms with Gasteiger partial charge in [-0.25, -0.2) is 0 Å². The number of aryl methyl sites for hydroxylation is 1. The van der Waals surface area contributed by atoms with E-state index in [1.165, 1.54) is 0 Å². The van der Waals surface area contributed by atoms with E-state index in [0.29, 0.717) is 18.3 Å². The van der Waals surface area contributed by atoms with Crippen LogP contribution in [0.1, 0.15) is 17.8 Å². The van der Waals surface area contributed by atoms with Crippen LogP contribution in [0.5, 0.6) is 0 Å². The van der Waals surface area contributed by atoms with E-state index in [0.717, 1.165) is 13.1 Å². The molecular weight excluding hydrogens is 181 g/mol. The summed E-state index contributed by atoms with van der Waals surface area (Å²) in [5.41, 5.74) is 0. The second-order valence-electron chi connectivity index (χ2n) is 3.29. The molecule has 1 atom stereocenters. The Morgan fingerprint density at radius 3 is 3.07 bits per heavy atom. The van der Waals surface area contributed by atoms with Crippen LogP contribution in [0.15, 0.2) is 4.52 Å². The zero-order valence-corrected chi connectivity index (χ0v) is 8.43. The molecule has 0 aliphatic carbocycles. The van der Waals surface area contributed by atoms with Gasteiger partial charge in [0.05, 0.1) is 6.61 Å². The van der Waals surface area contributed by atoms with Gasteiger partial charge in [0.15, 0.2) is 5.82 Å². The topological polar surface area (TPSA) is 51.4 Å². The van der Waals surface area contributed by atoms with Crippen LogP contribution in [0.3, 0.4) is 0 Å². The molecule has 0 amide bonds. The van der Waals surface area contributed by atoms with Gasteiger partial charge >= 0.3 is 0 Å². The van der Waals surface area contributed by atoms with E-state index in [4.69, 9.17) is 9.26 Å². The predicted octanol–water partition coefficient (Wildman–Crippen LogP) is 0.419. The lowest BCUT2D eigenvalue weighted by Gasteiger charge is -2.29. The summed E-state index contributed by atoms with van der Waals surface area (Å²) in [5, 5.41) is 3.75. The molecule has 0 bridgehead atoms. The van der Waals surface area contributed by atoms with Crippen LogP contribution in [0.4, 0.5) is 0 Å². The minimum absolute atomic E-state index is 0.0823. The highest BCUT2D eigenvalue weighted by molar-refractivity contribution is 6.29. The Morgan fingerprint density at radius 2 is 2.43 bits per heavy atom. The number of morpholine rings is 1. The highest BCUT2D eigenvalue weighted by atomic mass is 16.5.